The van der Waals surface area contributed by atoms with E-state index < -0.39 is 5.97 Å². The molecule has 1 aromatic rings. The average molecular weight is 276 g/mol. The molecule has 1 aliphatic heterocycles. The Kier molecular flexibility index (Phi) is 4.61. The van der Waals surface area contributed by atoms with Crippen LogP contribution >= 0.6 is 0 Å². The molecule has 1 heterocycles. The topological polar surface area (TPSA) is 60.9 Å². The van der Waals surface area contributed by atoms with Crippen molar-refractivity contribution in [1.82, 2.24) is 4.90 Å². The van der Waals surface area contributed by atoms with E-state index in [9.17, 15) is 9.59 Å². The Morgan fingerprint density at radius 1 is 1.35 bits per heavy atom. The van der Waals surface area contributed by atoms with Gasteiger partial charge in [-0.05, 0) is 24.5 Å². The molecule has 0 saturated carbocycles. The molecule has 0 radical (unpaired) electrons. The molecule has 5 heteroatoms. The molecule has 0 aliphatic carbocycles. The van der Waals surface area contributed by atoms with Gasteiger partial charge in [0.15, 0.2) is 0 Å². The first-order chi connectivity index (χ1) is 9.61. The second kappa shape index (κ2) is 6.41. The summed E-state index contributed by atoms with van der Waals surface area (Å²) in [7, 11) is 0. The number of rotatable bonds is 6. The van der Waals surface area contributed by atoms with Gasteiger partial charge >= 0.3 is 5.97 Å². The van der Waals surface area contributed by atoms with E-state index in [0.717, 1.165) is 25.1 Å². The van der Waals surface area contributed by atoms with E-state index in [4.69, 9.17) is 5.11 Å². The average Bonchev–Trinajstić information content (AvgIpc) is 2.81. The lowest BCUT2D eigenvalue weighted by atomic mass is 10.2. The van der Waals surface area contributed by atoms with Crippen molar-refractivity contribution < 1.29 is 14.7 Å². The predicted octanol–water partition coefficient (Wildman–Crippen LogP) is 1.37. The standard InChI is InChI=1S/C15H20N2O3/c1-2-8-17(11-15(19)20)14(18)10-16-9-7-12-5-3-4-6-13(12)16/h3-6H,2,7-11H2,1H3,(H,19,20). The van der Waals surface area contributed by atoms with Crippen LogP contribution < -0.4 is 4.90 Å². The number of hydrogen-bond donors (Lipinski definition) is 1. The maximum Gasteiger partial charge on any atom is 0.323 e. The molecule has 0 aromatic heterocycles. The fourth-order valence-electron chi connectivity index (χ4n) is 2.56. The first-order valence-corrected chi connectivity index (χ1v) is 6.94. The summed E-state index contributed by atoms with van der Waals surface area (Å²) in [6, 6.07) is 8.04. The first kappa shape index (κ1) is 14.4. The number of carbonyl (C=O) groups is 2. The molecule has 0 atom stereocenters. The minimum atomic E-state index is -0.964. The molecule has 1 aliphatic rings. The van der Waals surface area contributed by atoms with Gasteiger partial charge in [0.2, 0.25) is 5.91 Å². The zero-order chi connectivity index (χ0) is 14.5. The van der Waals surface area contributed by atoms with Crippen molar-refractivity contribution in [1.29, 1.82) is 0 Å². The second-order valence-electron chi connectivity index (χ2n) is 5.01. The number of amides is 1. The highest BCUT2D eigenvalue weighted by molar-refractivity contribution is 5.85. The smallest absolute Gasteiger partial charge is 0.323 e. The third-order valence-electron chi connectivity index (χ3n) is 3.48. The van der Waals surface area contributed by atoms with Gasteiger partial charge in [-0.25, -0.2) is 0 Å². The number of aliphatic carboxylic acids is 1. The number of para-hydroxylation sites is 1. The molecule has 0 unspecified atom stereocenters. The van der Waals surface area contributed by atoms with Crippen LogP contribution in [0.4, 0.5) is 5.69 Å². The third kappa shape index (κ3) is 3.29. The summed E-state index contributed by atoms with van der Waals surface area (Å²) in [6.45, 7) is 3.28. The molecule has 0 spiro atoms. The SMILES string of the molecule is CCCN(CC(=O)O)C(=O)CN1CCc2ccccc21. The van der Waals surface area contributed by atoms with E-state index in [-0.39, 0.29) is 19.0 Å². The van der Waals surface area contributed by atoms with Crippen molar-refractivity contribution in [3.63, 3.8) is 0 Å². The van der Waals surface area contributed by atoms with Crippen LogP contribution in [-0.2, 0) is 16.0 Å². The fraction of sp³-hybridized carbons (Fsp3) is 0.467. The molecule has 0 bridgehead atoms. The van der Waals surface area contributed by atoms with Crippen molar-refractivity contribution in [2.75, 3.05) is 31.1 Å². The molecule has 0 saturated heterocycles. The molecule has 1 aromatic carbocycles. The van der Waals surface area contributed by atoms with Crippen LogP contribution in [0.3, 0.4) is 0 Å². The normalized spacial score (nSPS) is 13.2. The summed E-state index contributed by atoms with van der Waals surface area (Å²) in [6.07, 6.45) is 1.70. The van der Waals surface area contributed by atoms with E-state index in [2.05, 4.69) is 6.07 Å². The maximum absolute atomic E-state index is 12.3. The van der Waals surface area contributed by atoms with Crippen molar-refractivity contribution in [2.24, 2.45) is 0 Å². The minimum absolute atomic E-state index is 0.119. The molecular weight excluding hydrogens is 256 g/mol. The molecule has 2 rings (SSSR count). The predicted molar refractivity (Wildman–Crippen MR) is 76.9 cm³/mol. The van der Waals surface area contributed by atoms with Gasteiger partial charge < -0.3 is 14.9 Å². The van der Waals surface area contributed by atoms with E-state index in [1.807, 2.05) is 30.0 Å². The molecule has 1 N–H and O–H groups in total. The number of anilines is 1. The second-order valence-corrected chi connectivity index (χ2v) is 5.01. The van der Waals surface area contributed by atoms with Gasteiger partial charge in [0.1, 0.15) is 6.54 Å². The maximum atomic E-state index is 12.3. The molecular formula is C15H20N2O3. The van der Waals surface area contributed by atoms with Crippen LogP contribution in [0.5, 0.6) is 0 Å². The van der Waals surface area contributed by atoms with Crippen LogP contribution in [0.25, 0.3) is 0 Å². The van der Waals surface area contributed by atoms with Crippen LogP contribution in [-0.4, -0.2) is 48.1 Å². The first-order valence-electron chi connectivity index (χ1n) is 6.94. The van der Waals surface area contributed by atoms with Crippen molar-refractivity contribution in [3.8, 4) is 0 Å². The van der Waals surface area contributed by atoms with E-state index in [0.29, 0.717) is 6.54 Å². The Morgan fingerprint density at radius 2 is 2.10 bits per heavy atom. The molecule has 5 nitrogen and oxygen atoms in total. The van der Waals surface area contributed by atoms with Gasteiger partial charge in [-0.15, -0.1) is 0 Å². The van der Waals surface area contributed by atoms with E-state index in [1.165, 1.54) is 10.5 Å². The van der Waals surface area contributed by atoms with Crippen LogP contribution in [0.1, 0.15) is 18.9 Å². The zero-order valence-electron chi connectivity index (χ0n) is 11.7. The molecule has 0 fully saturated rings. The Morgan fingerprint density at radius 3 is 2.80 bits per heavy atom. The van der Waals surface area contributed by atoms with Gasteiger partial charge in [0.25, 0.3) is 0 Å². The summed E-state index contributed by atoms with van der Waals surface area (Å²) in [4.78, 5) is 26.5. The molecule has 20 heavy (non-hydrogen) atoms. The summed E-state index contributed by atoms with van der Waals surface area (Å²) >= 11 is 0. The van der Waals surface area contributed by atoms with Gasteiger partial charge in [0, 0.05) is 18.8 Å². The van der Waals surface area contributed by atoms with Gasteiger partial charge in [-0.2, -0.15) is 0 Å². The Balaban J connectivity index is 2.02. The minimum Gasteiger partial charge on any atom is -0.480 e. The van der Waals surface area contributed by atoms with Crippen LogP contribution in [0, 0.1) is 0 Å². The Labute approximate surface area is 118 Å². The van der Waals surface area contributed by atoms with E-state index >= 15 is 0 Å². The van der Waals surface area contributed by atoms with Crippen LogP contribution in [0.2, 0.25) is 0 Å². The summed E-state index contributed by atoms with van der Waals surface area (Å²) < 4.78 is 0. The van der Waals surface area contributed by atoms with Gasteiger partial charge in [-0.1, -0.05) is 25.1 Å². The number of carboxylic acids is 1. The number of fused-ring (bicyclic) bond motifs is 1. The largest absolute Gasteiger partial charge is 0.480 e. The number of benzene rings is 1. The lowest BCUT2D eigenvalue weighted by Crippen LogP contribution is -2.42. The highest BCUT2D eigenvalue weighted by Gasteiger charge is 2.23. The van der Waals surface area contributed by atoms with E-state index in [1.54, 1.807) is 0 Å². The van der Waals surface area contributed by atoms with Gasteiger partial charge in [0.05, 0.1) is 6.54 Å². The van der Waals surface area contributed by atoms with Gasteiger partial charge in [-0.3, -0.25) is 9.59 Å². The van der Waals surface area contributed by atoms with Crippen molar-refractivity contribution >= 4 is 17.6 Å². The highest BCUT2D eigenvalue weighted by Crippen LogP contribution is 2.27. The lowest BCUT2D eigenvalue weighted by Gasteiger charge is -2.25. The highest BCUT2D eigenvalue weighted by atomic mass is 16.4. The zero-order valence-corrected chi connectivity index (χ0v) is 11.7. The number of hydrogen-bond acceptors (Lipinski definition) is 3. The summed E-state index contributed by atoms with van der Waals surface area (Å²) in [5.74, 6) is -1.08. The number of carboxylic acid groups (broad SMARTS) is 1. The number of carbonyl (C=O) groups excluding carboxylic acids is 1. The summed E-state index contributed by atoms with van der Waals surface area (Å²) in [5, 5.41) is 8.87. The fourth-order valence-corrected chi connectivity index (χ4v) is 2.56. The number of nitrogens with zero attached hydrogens (tertiary/aromatic N) is 2. The lowest BCUT2D eigenvalue weighted by molar-refractivity contribution is -0.143. The Hall–Kier alpha value is -2.04. The summed E-state index contributed by atoms with van der Waals surface area (Å²) in [5.41, 5.74) is 2.34. The van der Waals surface area contributed by atoms with Crippen LogP contribution in [0.15, 0.2) is 24.3 Å². The Bertz CT molecular complexity index is 502. The third-order valence-corrected chi connectivity index (χ3v) is 3.48. The molecule has 1 amide bonds. The monoisotopic (exact) mass is 276 g/mol. The van der Waals surface area contributed by atoms with Crippen molar-refractivity contribution in [3.05, 3.63) is 29.8 Å². The van der Waals surface area contributed by atoms with Crippen molar-refractivity contribution in [2.45, 2.75) is 19.8 Å². The molecule has 108 valence electrons. The quantitative estimate of drug-likeness (QED) is 0.852.